The molecule has 358 valence electrons. The molecule has 4 aromatic rings. The van der Waals surface area contributed by atoms with Gasteiger partial charge < -0.3 is 34.5 Å². The van der Waals surface area contributed by atoms with E-state index in [1.165, 1.54) is 36.6 Å². The van der Waals surface area contributed by atoms with Crippen LogP contribution in [0.15, 0.2) is 82.6 Å². The predicted octanol–water partition coefficient (Wildman–Crippen LogP) is 8.16. The molecule has 2 heterocycles. The van der Waals surface area contributed by atoms with Crippen molar-refractivity contribution in [1.29, 1.82) is 0 Å². The van der Waals surface area contributed by atoms with Gasteiger partial charge in [-0.15, -0.1) is 0 Å². The first-order valence-electron chi connectivity index (χ1n) is 21.3. The number of nitro groups is 1. The molecule has 0 unspecified atom stereocenters. The van der Waals surface area contributed by atoms with Crippen molar-refractivity contribution in [2.24, 2.45) is 0 Å². The number of aryl methyl sites for hydroxylation is 4. The van der Waals surface area contributed by atoms with Gasteiger partial charge in [-0.3, -0.25) is 10.1 Å². The number of anilines is 1. The maximum Gasteiger partial charge on any atom is 0.410 e. The van der Waals surface area contributed by atoms with Crippen molar-refractivity contribution in [2.45, 2.75) is 90.2 Å². The number of carbonyl (C=O) groups excluding carboxylic acids is 2. The number of nitro benzene ring substituents is 1. The first kappa shape index (κ1) is 51.0. The molecule has 66 heavy (non-hydrogen) atoms. The third-order valence-electron chi connectivity index (χ3n) is 9.97. The van der Waals surface area contributed by atoms with Crippen molar-refractivity contribution < 1.29 is 50.3 Å². The molecule has 18 nitrogen and oxygen atoms in total. The molecule has 0 radical (unpaired) electrons. The van der Waals surface area contributed by atoms with Crippen LogP contribution in [0.5, 0.6) is 23.0 Å². The van der Waals surface area contributed by atoms with E-state index >= 15 is 0 Å². The van der Waals surface area contributed by atoms with E-state index in [9.17, 15) is 36.5 Å². The monoisotopic (exact) mass is 952 g/mol. The number of rotatable bonds is 9. The van der Waals surface area contributed by atoms with Crippen molar-refractivity contribution in [3.8, 4) is 23.0 Å². The van der Waals surface area contributed by atoms with Crippen molar-refractivity contribution in [3.63, 3.8) is 0 Å². The van der Waals surface area contributed by atoms with Gasteiger partial charge >= 0.3 is 12.2 Å². The number of piperazine rings is 2. The molecule has 2 amide bonds. The van der Waals surface area contributed by atoms with Crippen LogP contribution < -0.4 is 15.2 Å². The summed E-state index contributed by atoms with van der Waals surface area (Å²) >= 11 is 0. The summed E-state index contributed by atoms with van der Waals surface area (Å²) in [5.41, 5.74) is 8.48. The number of hydrogen-bond acceptors (Lipinski definition) is 13. The summed E-state index contributed by atoms with van der Waals surface area (Å²) in [4.78, 5) is 38.0. The Hall–Kier alpha value is -5.96. The minimum Gasteiger partial charge on any atom is -0.456 e. The van der Waals surface area contributed by atoms with Gasteiger partial charge in [0.05, 0.1) is 4.92 Å². The second-order valence-electron chi connectivity index (χ2n) is 18.2. The molecule has 6 rings (SSSR count). The Morgan fingerprint density at radius 2 is 0.909 bits per heavy atom. The molecule has 2 N–H and O–H groups in total. The van der Waals surface area contributed by atoms with Gasteiger partial charge in [0.1, 0.15) is 44.0 Å². The van der Waals surface area contributed by atoms with Gasteiger partial charge in [-0.1, -0.05) is 12.1 Å². The molecule has 2 fully saturated rings. The Morgan fingerprint density at radius 1 is 0.561 bits per heavy atom. The van der Waals surface area contributed by atoms with Crippen molar-refractivity contribution >= 4 is 43.6 Å². The highest BCUT2D eigenvalue weighted by atomic mass is 32.2. The van der Waals surface area contributed by atoms with Gasteiger partial charge in [-0.05, 0) is 140 Å². The predicted molar refractivity (Wildman–Crippen MR) is 249 cm³/mol. The summed E-state index contributed by atoms with van der Waals surface area (Å²) in [6.45, 7) is 19.4. The minimum atomic E-state index is -4.15. The maximum atomic E-state index is 13.5. The second kappa shape index (κ2) is 20.3. The summed E-state index contributed by atoms with van der Waals surface area (Å²) in [5.74, 6) is 1.18. The normalized spacial score (nSPS) is 15.3. The SMILES string of the molecule is Cc1cc(C)cc(Oc2ccc(N)cc2S(=O)(=O)N2CCN(C(=O)OC(C)(C)C)CC2)c1.Cc1cc(C)cc(Oc2ccc([N+](=O)[O-])cc2S(=O)(=O)N2CCN(C(=O)OC(C)(C)C)CC2)c1. The van der Waals surface area contributed by atoms with Crippen molar-refractivity contribution in [3.05, 3.63) is 105 Å². The van der Waals surface area contributed by atoms with Crippen LogP contribution in [0.3, 0.4) is 0 Å². The summed E-state index contributed by atoms with van der Waals surface area (Å²) in [7, 11) is -8.04. The Balaban J connectivity index is 0.000000248. The van der Waals surface area contributed by atoms with E-state index in [4.69, 9.17) is 24.7 Å². The fraction of sp³-hybridized carbons (Fsp3) is 0.435. The van der Waals surface area contributed by atoms with Gasteiger partial charge in [0.2, 0.25) is 20.0 Å². The van der Waals surface area contributed by atoms with E-state index in [2.05, 4.69) is 0 Å². The highest BCUT2D eigenvalue weighted by Gasteiger charge is 2.36. The molecular weight excluding hydrogens is 893 g/mol. The molecule has 0 aromatic heterocycles. The zero-order valence-electron chi connectivity index (χ0n) is 39.1. The molecule has 0 bridgehead atoms. The van der Waals surface area contributed by atoms with Crippen LogP contribution in [0, 0.1) is 37.8 Å². The van der Waals surface area contributed by atoms with Crippen molar-refractivity contribution in [1.82, 2.24) is 18.4 Å². The average molecular weight is 953 g/mol. The molecule has 0 spiro atoms. The van der Waals surface area contributed by atoms with E-state index in [1.54, 1.807) is 65.8 Å². The van der Waals surface area contributed by atoms with E-state index in [1.807, 2.05) is 52.0 Å². The number of ether oxygens (including phenoxy) is 4. The Morgan fingerprint density at radius 3 is 1.26 bits per heavy atom. The molecule has 0 atom stereocenters. The van der Waals surface area contributed by atoms with Crippen LogP contribution in [0.1, 0.15) is 63.8 Å². The van der Waals surface area contributed by atoms with Crippen LogP contribution in [0.4, 0.5) is 21.0 Å². The maximum absolute atomic E-state index is 13.5. The third kappa shape index (κ3) is 13.6. The Labute approximate surface area is 387 Å². The quantitative estimate of drug-likeness (QED) is 0.0951. The number of nitrogens with zero attached hydrogens (tertiary/aromatic N) is 5. The van der Waals surface area contributed by atoms with Gasteiger partial charge in [0, 0.05) is 70.2 Å². The minimum absolute atomic E-state index is 0.00220. The second-order valence-corrected chi connectivity index (χ2v) is 22.0. The molecule has 0 saturated carbocycles. The number of nitrogen functional groups attached to an aromatic ring is 1. The van der Waals surface area contributed by atoms with E-state index in [0.29, 0.717) is 17.2 Å². The fourth-order valence-electron chi connectivity index (χ4n) is 7.10. The number of nitrogens with two attached hydrogens (primary N) is 1. The van der Waals surface area contributed by atoms with Gasteiger partial charge in [-0.25, -0.2) is 26.4 Å². The largest absolute Gasteiger partial charge is 0.456 e. The molecule has 2 aliphatic heterocycles. The Bertz CT molecular complexity index is 2620. The van der Waals surface area contributed by atoms with Gasteiger partial charge in [0.15, 0.2) is 0 Å². The fourth-order valence-corrected chi connectivity index (χ4v) is 10.2. The number of hydrogen-bond donors (Lipinski definition) is 1. The van der Waals surface area contributed by atoms with Gasteiger partial charge in [0.25, 0.3) is 5.69 Å². The topological polar surface area (TPSA) is 221 Å². The highest BCUT2D eigenvalue weighted by Crippen LogP contribution is 2.36. The first-order valence-corrected chi connectivity index (χ1v) is 24.2. The molecule has 2 aliphatic rings. The van der Waals surface area contributed by atoms with Crippen LogP contribution in [0.2, 0.25) is 0 Å². The van der Waals surface area contributed by atoms with E-state index in [-0.39, 0.29) is 79.3 Å². The average Bonchev–Trinajstić information content (AvgIpc) is 3.20. The van der Waals surface area contributed by atoms with E-state index in [0.717, 1.165) is 28.3 Å². The highest BCUT2D eigenvalue weighted by molar-refractivity contribution is 7.89. The number of amides is 2. The lowest BCUT2D eigenvalue weighted by molar-refractivity contribution is -0.385. The number of sulfonamides is 2. The first-order chi connectivity index (χ1) is 30.6. The van der Waals surface area contributed by atoms with Crippen molar-refractivity contribution in [2.75, 3.05) is 58.1 Å². The van der Waals surface area contributed by atoms with Crippen LogP contribution in [0.25, 0.3) is 0 Å². The lowest BCUT2D eigenvalue weighted by Gasteiger charge is -2.35. The molecular formula is C46H60N6O12S2. The molecule has 4 aromatic carbocycles. The zero-order valence-corrected chi connectivity index (χ0v) is 40.7. The van der Waals surface area contributed by atoms with Crippen LogP contribution in [-0.2, 0) is 29.5 Å². The zero-order chi connectivity index (χ0) is 48.9. The summed E-state index contributed by atoms with van der Waals surface area (Å²) < 4.78 is 79.0. The number of benzene rings is 4. The standard InChI is InChI=1S/C23H29N3O7S.C23H31N3O5S/c1-16-12-17(2)14-19(13-16)32-20-7-6-18(26(28)29)15-21(20)34(30,31)25-10-8-24(9-11-25)22(27)33-23(3,4)5;1-16-12-17(2)14-19(13-16)30-20-7-6-18(24)15-21(20)32(28,29)26-10-8-25(9-11-26)22(27)31-23(3,4)5/h6-7,12-15H,8-11H2,1-5H3;6-7,12-15H,8-11,24H2,1-5H3. The summed E-state index contributed by atoms with van der Waals surface area (Å²) in [5, 5.41) is 11.3. The number of carbonyl (C=O) groups is 2. The van der Waals surface area contributed by atoms with E-state index < -0.39 is 48.4 Å². The lowest BCUT2D eigenvalue weighted by atomic mass is 10.1. The molecule has 2 saturated heterocycles. The lowest BCUT2D eigenvalue weighted by Crippen LogP contribution is -2.51. The number of non-ortho nitro benzene ring substituents is 1. The third-order valence-corrected chi connectivity index (χ3v) is 13.8. The van der Waals surface area contributed by atoms with Gasteiger partial charge in [-0.2, -0.15) is 8.61 Å². The smallest absolute Gasteiger partial charge is 0.410 e. The molecule has 0 aliphatic carbocycles. The Kier molecular flexibility index (Phi) is 15.7. The van der Waals surface area contributed by atoms with Crippen LogP contribution >= 0.6 is 0 Å². The van der Waals surface area contributed by atoms with Crippen LogP contribution in [-0.4, -0.2) is 116 Å². The summed E-state index contributed by atoms with van der Waals surface area (Å²) in [6.07, 6.45) is -0.962. The molecule has 20 heteroatoms. The summed E-state index contributed by atoms with van der Waals surface area (Å²) in [6, 6.07) is 19.3.